The number of hydrogen-bond acceptors (Lipinski definition) is 9. The van der Waals surface area contributed by atoms with E-state index < -0.39 is 85.5 Å². The molecular weight excluding hydrogens is 520 g/mol. The van der Waals surface area contributed by atoms with E-state index in [1.165, 1.54) is 0 Å². The lowest BCUT2D eigenvalue weighted by Crippen LogP contribution is -2.57. The van der Waals surface area contributed by atoms with Crippen molar-refractivity contribution in [2.24, 2.45) is 27.9 Å². The molecule has 0 rings (SSSR count). The Morgan fingerprint density at radius 2 is 1.15 bits per heavy atom. The Bertz CT molecular complexity index is 880. The van der Waals surface area contributed by atoms with E-state index in [4.69, 9.17) is 33.1 Å². The molecule has 0 aliphatic carbocycles. The molecule has 17 heteroatoms. The van der Waals surface area contributed by atoms with Crippen LogP contribution < -0.4 is 38.9 Å². The summed E-state index contributed by atoms with van der Waals surface area (Å²) in [5.41, 5.74) is 21.9. The molecule has 0 saturated carbocycles. The van der Waals surface area contributed by atoms with E-state index in [-0.39, 0.29) is 25.3 Å². The summed E-state index contributed by atoms with van der Waals surface area (Å²) < 4.78 is 0. The number of aliphatic imine (C=N–C) groups is 1. The second-order valence-electron chi connectivity index (χ2n) is 8.73. The minimum atomic E-state index is -1.60. The van der Waals surface area contributed by atoms with Gasteiger partial charge in [0.25, 0.3) is 0 Å². The van der Waals surface area contributed by atoms with Crippen molar-refractivity contribution in [2.45, 2.75) is 82.0 Å². The van der Waals surface area contributed by atoms with Crippen molar-refractivity contribution >= 4 is 41.6 Å². The lowest BCUT2D eigenvalue weighted by Gasteiger charge is -2.25. The number of aliphatic carboxylic acids is 3. The number of amides is 3. The fourth-order valence-corrected chi connectivity index (χ4v) is 3.30. The monoisotopic (exact) mass is 560 g/mol. The molecule has 39 heavy (non-hydrogen) atoms. The zero-order valence-corrected chi connectivity index (χ0v) is 21.6. The van der Waals surface area contributed by atoms with Gasteiger partial charge in [-0.2, -0.15) is 0 Å². The molecule has 0 aliphatic rings. The largest absolute Gasteiger partial charge is 0.481 e. The Kier molecular flexibility index (Phi) is 17.2. The van der Waals surface area contributed by atoms with Gasteiger partial charge in [-0.15, -0.1) is 0 Å². The summed E-state index contributed by atoms with van der Waals surface area (Å²) in [7, 11) is 0. The number of nitrogens with two attached hydrogens (primary N) is 4. The first-order valence-corrected chi connectivity index (χ1v) is 12.4. The molecule has 0 heterocycles. The predicted molar refractivity (Wildman–Crippen MR) is 138 cm³/mol. The second kappa shape index (κ2) is 19.1. The number of hydrogen-bond donors (Lipinski definition) is 10. The third kappa shape index (κ3) is 16.5. The van der Waals surface area contributed by atoms with Gasteiger partial charge in [0.2, 0.25) is 17.7 Å². The number of nitrogens with zero attached hydrogens (tertiary/aromatic N) is 1. The number of carboxylic acids is 3. The van der Waals surface area contributed by atoms with E-state index in [1.807, 2.05) is 0 Å². The fraction of sp³-hybridized carbons (Fsp3) is 0.682. The molecule has 0 radical (unpaired) electrons. The van der Waals surface area contributed by atoms with Crippen LogP contribution in [0, 0.1) is 0 Å². The molecule has 0 aromatic carbocycles. The molecule has 4 atom stereocenters. The Hall–Kier alpha value is -3.99. The standard InChI is InChI=1S/C22H40N8O9/c23-10-2-1-4-12(24)18(35)28-13(5-3-11-27-22(25)26)19(36)29-14(6-8-16(31)32)20(37)30-15(21(38)39)7-9-17(33)34/h12-15H,1-11,23-24H2,(H,28,35)(H,29,36)(H,30,37)(H,31,32)(H,33,34)(H,38,39)(H4,25,26,27). The number of carbonyl (C=O) groups excluding carboxylic acids is 3. The first-order chi connectivity index (χ1) is 18.3. The first-order valence-electron chi connectivity index (χ1n) is 12.4. The third-order valence-electron chi connectivity index (χ3n) is 5.43. The quantitative estimate of drug-likeness (QED) is 0.0375. The Balaban J connectivity index is 5.66. The Morgan fingerprint density at radius 3 is 1.64 bits per heavy atom. The van der Waals surface area contributed by atoms with Crippen LogP contribution in [-0.2, 0) is 28.8 Å². The van der Waals surface area contributed by atoms with E-state index in [9.17, 15) is 33.9 Å². The summed E-state index contributed by atoms with van der Waals surface area (Å²) >= 11 is 0. The maximum Gasteiger partial charge on any atom is 0.326 e. The number of carbonyl (C=O) groups is 6. The molecule has 17 nitrogen and oxygen atoms in total. The first kappa shape index (κ1) is 35.0. The van der Waals surface area contributed by atoms with Gasteiger partial charge in [-0.3, -0.25) is 29.0 Å². The average Bonchev–Trinajstić information content (AvgIpc) is 2.84. The highest BCUT2D eigenvalue weighted by molar-refractivity contribution is 5.94. The van der Waals surface area contributed by atoms with E-state index in [1.54, 1.807) is 0 Å². The van der Waals surface area contributed by atoms with Crippen molar-refractivity contribution in [2.75, 3.05) is 13.1 Å². The molecule has 0 fully saturated rings. The van der Waals surface area contributed by atoms with E-state index in [0.717, 1.165) is 0 Å². The van der Waals surface area contributed by atoms with Gasteiger partial charge in [0.1, 0.15) is 18.1 Å². The zero-order valence-electron chi connectivity index (χ0n) is 21.6. The van der Waals surface area contributed by atoms with Crippen LogP contribution in [-0.4, -0.2) is 94.2 Å². The topological polar surface area (TPSA) is 316 Å². The molecule has 0 aromatic heterocycles. The average molecular weight is 561 g/mol. The maximum atomic E-state index is 13.1. The van der Waals surface area contributed by atoms with Gasteiger partial charge in [-0.25, -0.2) is 4.79 Å². The molecular formula is C22H40N8O9. The summed E-state index contributed by atoms with van der Waals surface area (Å²) in [6.45, 7) is 0.542. The summed E-state index contributed by atoms with van der Waals surface area (Å²) in [5, 5.41) is 34.1. The molecule has 3 amide bonds. The number of nitrogens with one attached hydrogen (secondary N) is 3. The van der Waals surface area contributed by atoms with Crippen molar-refractivity contribution in [1.29, 1.82) is 0 Å². The van der Waals surface area contributed by atoms with Crippen molar-refractivity contribution in [3.63, 3.8) is 0 Å². The van der Waals surface area contributed by atoms with Gasteiger partial charge >= 0.3 is 17.9 Å². The van der Waals surface area contributed by atoms with Gasteiger partial charge in [0, 0.05) is 19.4 Å². The molecule has 0 spiro atoms. The lowest BCUT2D eigenvalue weighted by atomic mass is 10.0. The number of carboxylic acid groups (broad SMARTS) is 3. The SMILES string of the molecule is NCCCCC(N)C(=O)NC(CCCN=C(N)N)C(=O)NC(CCC(=O)O)C(=O)NC(CCC(=O)O)C(=O)O. The van der Waals surface area contributed by atoms with Crippen molar-refractivity contribution in [3.8, 4) is 0 Å². The smallest absolute Gasteiger partial charge is 0.326 e. The molecule has 0 bridgehead atoms. The van der Waals surface area contributed by atoms with Crippen LogP contribution in [0.4, 0.5) is 0 Å². The highest BCUT2D eigenvalue weighted by Gasteiger charge is 2.30. The van der Waals surface area contributed by atoms with Gasteiger partial charge in [-0.05, 0) is 45.1 Å². The molecule has 0 aromatic rings. The highest BCUT2D eigenvalue weighted by Crippen LogP contribution is 2.07. The van der Waals surface area contributed by atoms with Gasteiger partial charge in [0.05, 0.1) is 6.04 Å². The molecule has 0 aliphatic heterocycles. The Labute approximate surface area is 225 Å². The summed E-state index contributed by atoms with van der Waals surface area (Å²) in [6, 6.07) is -5.26. The van der Waals surface area contributed by atoms with Crippen LogP contribution in [0.25, 0.3) is 0 Å². The minimum Gasteiger partial charge on any atom is -0.481 e. The number of guanidine groups is 1. The van der Waals surface area contributed by atoms with Crippen LogP contribution in [0.1, 0.15) is 57.8 Å². The van der Waals surface area contributed by atoms with Crippen molar-refractivity contribution in [3.05, 3.63) is 0 Å². The zero-order chi connectivity index (χ0) is 30.0. The van der Waals surface area contributed by atoms with Gasteiger partial charge < -0.3 is 54.2 Å². The van der Waals surface area contributed by atoms with E-state index in [2.05, 4.69) is 20.9 Å². The van der Waals surface area contributed by atoms with Crippen molar-refractivity contribution < 1.29 is 44.1 Å². The summed E-state index contributed by atoms with van der Waals surface area (Å²) in [4.78, 5) is 75.6. The van der Waals surface area contributed by atoms with E-state index in [0.29, 0.717) is 25.8 Å². The maximum absolute atomic E-state index is 13.1. The van der Waals surface area contributed by atoms with Crippen LogP contribution in [0.15, 0.2) is 4.99 Å². The number of unbranched alkanes of at least 4 members (excludes halogenated alkanes) is 1. The fourth-order valence-electron chi connectivity index (χ4n) is 3.30. The normalized spacial score (nSPS) is 13.7. The molecule has 14 N–H and O–H groups in total. The second-order valence-corrected chi connectivity index (χ2v) is 8.73. The van der Waals surface area contributed by atoms with Crippen LogP contribution >= 0.6 is 0 Å². The van der Waals surface area contributed by atoms with Crippen molar-refractivity contribution in [1.82, 2.24) is 16.0 Å². The summed E-state index contributed by atoms with van der Waals surface area (Å²) in [5.74, 6) is -6.79. The Morgan fingerprint density at radius 1 is 0.667 bits per heavy atom. The third-order valence-corrected chi connectivity index (χ3v) is 5.43. The van der Waals surface area contributed by atoms with Gasteiger partial charge in [-0.1, -0.05) is 6.42 Å². The highest BCUT2D eigenvalue weighted by atomic mass is 16.4. The van der Waals surface area contributed by atoms with Crippen LogP contribution in [0.2, 0.25) is 0 Å². The molecule has 222 valence electrons. The number of rotatable bonds is 21. The summed E-state index contributed by atoms with van der Waals surface area (Å²) in [6.07, 6.45) is -0.176. The minimum absolute atomic E-state index is 0.0213. The predicted octanol–water partition coefficient (Wildman–Crippen LogP) is -3.24. The lowest BCUT2D eigenvalue weighted by molar-refractivity contribution is -0.144. The molecule has 4 unspecified atom stereocenters. The van der Waals surface area contributed by atoms with Crippen LogP contribution in [0.3, 0.4) is 0 Å². The van der Waals surface area contributed by atoms with Gasteiger partial charge in [0.15, 0.2) is 5.96 Å². The van der Waals surface area contributed by atoms with E-state index >= 15 is 0 Å². The molecule has 0 saturated heterocycles. The van der Waals surface area contributed by atoms with Crippen LogP contribution in [0.5, 0.6) is 0 Å².